The van der Waals surface area contributed by atoms with Crippen LogP contribution in [0.5, 0.6) is 11.5 Å². The van der Waals surface area contributed by atoms with E-state index >= 15 is 0 Å². The van der Waals surface area contributed by atoms with Crippen molar-refractivity contribution in [3.05, 3.63) is 82.4 Å². The smallest absolute Gasteiger partial charge is 0.328 e. The summed E-state index contributed by atoms with van der Waals surface area (Å²) in [6.45, 7) is 6.01. The van der Waals surface area contributed by atoms with E-state index < -0.39 is 12.1 Å². The number of amides is 6. The number of pyridine rings is 4. The lowest BCUT2D eigenvalue weighted by molar-refractivity contribution is -0.136. The van der Waals surface area contributed by atoms with Crippen LogP contribution in [0.4, 0.5) is 32.9 Å². The Morgan fingerprint density at radius 1 is 0.733 bits per heavy atom. The Hall–Kier alpha value is -8.16. The Bertz CT molecular complexity index is 2810. The van der Waals surface area contributed by atoms with Crippen LogP contribution in [0.3, 0.4) is 0 Å². The molecule has 0 bridgehead atoms. The maximum Gasteiger partial charge on any atom is 0.328 e. The first-order valence-corrected chi connectivity index (χ1v) is 24.5. The molecular formula is C51H60N14O10. The van der Waals surface area contributed by atoms with E-state index in [1.165, 1.54) is 48.4 Å². The maximum absolute atomic E-state index is 12.9. The second-order valence-electron chi connectivity index (χ2n) is 18.3. The molecule has 8 heterocycles. The van der Waals surface area contributed by atoms with E-state index in [0.29, 0.717) is 101 Å². The molecule has 1 atom stereocenters. The van der Waals surface area contributed by atoms with E-state index in [0.717, 1.165) is 32.4 Å². The number of nitrogens with one attached hydrogen (secondary N) is 2. The number of nitrogens with zero attached hydrogens (tertiary/aromatic N) is 12. The molecule has 0 aromatic carbocycles. The third kappa shape index (κ3) is 14.8. The van der Waals surface area contributed by atoms with E-state index in [1.54, 1.807) is 34.1 Å². The number of nitriles is 2. The van der Waals surface area contributed by atoms with E-state index in [9.17, 15) is 39.3 Å². The van der Waals surface area contributed by atoms with Crippen molar-refractivity contribution in [2.24, 2.45) is 0 Å². The molecule has 0 spiro atoms. The van der Waals surface area contributed by atoms with Crippen molar-refractivity contribution in [1.82, 2.24) is 39.5 Å². The third-order valence-corrected chi connectivity index (χ3v) is 12.9. The minimum absolute atomic E-state index is 0.0127. The number of hydrogen-bond acceptors (Lipinski definition) is 18. The highest BCUT2D eigenvalue weighted by atomic mass is 16.5. The van der Waals surface area contributed by atoms with Crippen LogP contribution in [0.2, 0.25) is 0 Å². The molecule has 6 amide bonds. The Labute approximate surface area is 434 Å². The molecule has 0 saturated carbocycles. The van der Waals surface area contributed by atoms with Crippen LogP contribution < -0.4 is 29.9 Å². The molecule has 24 heteroatoms. The second-order valence-corrected chi connectivity index (χ2v) is 18.3. The Morgan fingerprint density at radius 3 is 1.71 bits per heavy atom. The summed E-state index contributed by atoms with van der Waals surface area (Å²) in [4.78, 5) is 101. The van der Waals surface area contributed by atoms with Crippen LogP contribution in [0.25, 0.3) is 0 Å². The monoisotopic (exact) mass is 1030 g/mol. The summed E-state index contributed by atoms with van der Waals surface area (Å²) < 4.78 is 22.8. The number of anilines is 4. The average molecular weight is 1030 g/mol. The number of likely N-dealkylation sites (N-methyl/N-ethyl adjacent to an activating group) is 2. The zero-order chi connectivity index (χ0) is 53.4. The first-order chi connectivity index (χ1) is 36.2. The van der Waals surface area contributed by atoms with Gasteiger partial charge in [-0.3, -0.25) is 49.4 Å². The van der Waals surface area contributed by atoms with E-state index in [-0.39, 0.29) is 82.9 Å². The topological polar surface area (TPSA) is 282 Å². The molecular weight excluding hydrogens is 969 g/mol. The van der Waals surface area contributed by atoms with Gasteiger partial charge in [0.1, 0.15) is 82.1 Å². The minimum atomic E-state index is -0.546. The lowest BCUT2D eigenvalue weighted by atomic mass is 10.1. The number of piperazine rings is 2. The van der Waals surface area contributed by atoms with Crippen LogP contribution in [0, 0.1) is 22.7 Å². The first-order valence-electron chi connectivity index (χ1n) is 24.5. The normalized spacial score (nSPS) is 17.3. The summed E-state index contributed by atoms with van der Waals surface area (Å²) >= 11 is 0. The van der Waals surface area contributed by atoms with Crippen molar-refractivity contribution in [3.63, 3.8) is 0 Å². The fourth-order valence-corrected chi connectivity index (χ4v) is 8.31. The molecule has 4 saturated heterocycles. The van der Waals surface area contributed by atoms with Crippen LogP contribution >= 0.6 is 0 Å². The SMILES string of the molecule is CN1CCN(Cc2ccc(N(C)C(=O)Nc3cc(OC4CCOCC4)c(C#N)cn3)nc2C=O)C(=O)C1.CN1CCN(Cc2ccc(N(C)C(=O)Nc3cc(OCC4CCCCO4)c(C#N)cn3)nc2C=O)C(=O)C1. The van der Waals surface area contributed by atoms with Crippen LogP contribution in [0.15, 0.2) is 48.8 Å². The molecule has 0 radical (unpaired) electrons. The predicted octanol–water partition coefficient (Wildman–Crippen LogP) is 3.71. The van der Waals surface area contributed by atoms with Gasteiger partial charge in [-0.1, -0.05) is 12.1 Å². The van der Waals surface area contributed by atoms with Gasteiger partial charge >= 0.3 is 12.1 Å². The summed E-state index contributed by atoms with van der Waals surface area (Å²) in [7, 11) is 6.80. The highest BCUT2D eigenvalue weighted by Crippen LogP contribution is 2.27. The highest BCUT2D eigenvalue weighted by Gasteiger charge is 2.26. The van der Waals surface area contributed by atoms with Gasteiger partial charge in [0.15, 0.2) is 12.6 Å². The lowest BCUT2D eigenvalue weighted by Gasteiger charge is -2.32. The summed E-state index contributed by atoms with van der Waals surface area (Å²) in [5, 5.41) is 24.2. The molecule has 4 aliphatic rings. The molecule has 0 aliphatic carbocycles. The standard InChI is InChI=1S/C26H31N7O5.C25H29N7O5/c1-31-8-9-33(25(35)15-31)14-18-6-7-24(29-21(18)16-34)32(2)26(36)30-23-11-22(19(12-27)13-28-23)38-17-20-5-3-4-10-37-20;1-30-7-8-32(24(34)15-30)14-17-3-4-23(28-20(17)16-33)31(2)25(35)29-22-11-21(18(12-26)13-27-22)37-19-5-9-36-10-6-19/h6-7,11,13,16,20H,3-5,8-10,14-15,17H2,1-2H3,(H,28,30,36);3-4,11,13,16,19H,5-10,14-15H2,1-2H3,(H,27,29,35). The number of aldehydes is 2. The number of carbonyl (C=O) groups excluding carboxylic acids is 6. The first kappa shape index (κ1) is 54.6. The molecule has 8 rings (SSSR count). The molecule has 75 heavy (non-hydrogen) atoms. The summed E-state index contributed by atoms with van der Waals surface area (Å²) in [5.74, 6) is 1.52. The molecule has 4 fully saturated rings. The molecule has 2 N–H and O–H groups in total. The number of rotatable bonds is 15. The summed E-state index contributed by atoms with van der Waals surface area (Å²) in [6, 6.07) is 12.6. The fourth-order valence-electron chi connectivity index (χ4n) is 8.31. The molecule has 4 aromatic rings. The zero-order valence-electron chi connectivity index (χ0n) is 42.4. The second kappa shape index (κ2) is 26.2. The van der Waals surface area contributed by atoms with Crippen molar-refractivity contribution < 1.29 is 47.7 Å². The third-order valence-electron chi connectivity index (χ3n) is 12.9. The number of hydrogen-bond donors (Lipinski definition) is 2. The van der Waals surface area contributed by atoms with Gasteiger partial charge in [-0.25, -0.2) is 29.5 Å². The Kier molecular flexibility index (Phi) is 19.1. The van der Waals surface area contributed by atoms with Gasteiger partial charge in [-0.05, 0) is 45.5 Å². The zero-order valence-corrected chi connectivity index (χ0v) is 42.4. The molecule has 1 unspecified atom stereocenters. The molecule has 24 nitrogen and oxygen atoms in total. The Balaban J connectivity index is 0.000000219. The Morgan fingerprint density at radius 2 is 1.24 bits per heavy atom. The highest BCUT2D eigenvalue weighted by molar-refractivity contribution is 6.01. The quantitative estimate of drug-likeness (QED) is 0.161. The average Bonchev–Trinajstić information content (AvgIpc) is 3.42. The number of ether oxygens (including phenoxy) is 4. The summed E-state index contributed by atoms with van der Waals surface area (Å²) in [6.07, 6.45) is 8.21. The maximum atomic E-state index is 12.9. The van der Waals surface area contributed by atoms with Gasteiger partial charge in [0.2, 0.25) is 11.8 Å². The van der Waals surface area contributed by atoms with Gasteiger partial charge in [0, 0.05) is 96.1 Å². The van der Waals surface area contributed by atoms with Gasteiger partial charge in [-0.15, -0.1) is 0 Å². The number of aromatic nitrogens is 4. The van der Waals surface area contributed by atoms with Crippen molar-refractivity contribution in [2.75, 3.05) is 114 Å². The molecule has 394 valence electrons. The van der Waals surface area contributed by atoms with Crippen LogP contribution in [-0.4, -0.2) is 182 Å². The van der Waals surface area contributed by atoms with Crippen LogP contribution in [-0.2, 0) is 32.2 Å². The van der Waals surface area contributed by atoms with E-state index in [2.05, 4.69) is 36.6 Å². The minimum Gasteiger partial charge on any atom is -0.489 e. The molecule has 4 aliphatic heterocycles. The van der Waals surface area contributed by atoms with Crippen molar-refractivity contribution >= 4 is 59.7 Å². The van der Waals surface area contributed by atoms with Crippen molar-refractivity contribution in [3.8, 4) is 23.6 Å². The molecule has 4 aromatic heterocycles. The fraction of sp³-hybridized carbons (Fsp3) is 0.451. The summed E-state index contributed by atoms with van der Waals surface area (Å²) in [5.41, 5.74) is 2.05. The van der Waals surface area contributed by atoms with Gasteiger partial charge in [0.05, 0.1) is 44.8 Å². The predicted molar refractivity (Wildman–Crippen MR) is 271 cm³/mol. The van der Waals surface area contributed by atoms with Crippen LogP contribution in [0.1, 0.15) is 75.3 Å². The van der Waals surface area contributed by atoms with Crippen molar-refractivity contribution in [1.29, 1.82) is 10.5 Å². The van der Waals surface area contributed by atoms with Gasteiger partial charge < -0.3 is 28.7 Å². The number of urea groups is 2. The van der Waals surface area contributed by atoms with Gasteiger partial charge in [-0.2, -0.15) is 10.5 Å². The lowest BCUT2D eigenvalue weighted by Crippen LogP contribution is -2.48. The number of carbonyl (C=O) groups is 6. The van der Waals surface area contributed by atoms with E-state index in [1.807, 2.05) is 30.0 Å². The van der Waals surface area contributed by atoms with E-state index in [4.69, 9.17) is 18.9 Å². The van der Waals surface area contributed by atoms with Gasteiger partial charge in [0.25, 0.3) is 0 Å². The van der Waals surface area contributed by atoms with Crippen molar-refractivity contribution in [2.45, 2.75) is 57.4 Å². The largest absolute Gasteiger partial charge is 0.489 e.